The van der Waals surface area contributed by atoms with E-state index in [-0.39, 0.29) is 18.5 Å². The maximum absolute atomic E-state index is 9.72. The quantitative estimate of drug-likeness (QED) is 0.751. The molecule has 0 aromatic heterocycles. The number of nitrogens with one attached hydrogen (secondary N) is 2. The summed E-state index contributed by atoms with van der Waals surface area (Å²) in [6, 6.07) is 8.40. The number of nitrogens with zero attached hydrogens (tertiary/aromatic N) is 1. The molecule has 0 bridgehead atoms. The van der Waals surface area contributed by atoms with Crippen molar-refractivity contribution in [2.45, 2.75) is 12.6 Å². The molecule has 4 nitrogen and oxygen atoms in total. The Labute approximate surface area is 121 Å². The van der Waals surface area contributed by atoms with Gasteiger partial charge in [0, 0.05) is 51.9 Å². The predicted molar refractivity (Wildman–Crippen MR) is 82.1 cm³/mol. The Bertz CT molecular complexity index is 387. The fourth-order valence-corrected chi connectivity index (χ4v) is 2.42. The van der Waals surface area contributed by atoms with E-state index < -0.39 is 0 Å². The van der Waals surface area contributed by atoms with Crippen molar-refractivity contribution in [3.05, 3.63) is 29.8 Å². The monoisotopic (exact) mass is 285 g/mol. The molecule has 1 aliphatic rings. The minimum absolute atomic E-state index is 0. The molecule has 0 spiro atoms. The molecule has 1 aromatic rings. The van der Waals surface area contributed by atoms with Gasteiger partial charge in [0.1, 0.15) is 0 Å². The largest absolute Gasteiger partial charge is 0.391 e. The molecule has 108 valence electrons. The summed E-state index contributed by atoms with van der Waals surface area (Å²) in [5, 5.41) is 16.4. The molecule has 0 amide bonds. The molecular formula is C14H24ClN3O. The van der Waals surface area contributed by atoms with Crippen LogP contribution in [0.3, 0.4) is 0 Å². The highest BCUT2D eigenvalue weighted by Crippen LogP contribution is 2.17. The number of β-amino-alcohol motifs (C(OH)–C–C–N with tert-alkyl or cyclic N) is 1. The maximum atomic E-state index is 9.72. The SMILES string of the molecule is CN(C)c1ccccc1CNCC1CNCC1O.Cl. The summed E-state index contributed by atoms with van der Waals surface area (Å²) >= 11 is 0. The molecule has 1 aliphatic heterocycles. The van der Waals surface area contributed by atoms with Crippen LogP contribution in [-0.2, 0) is 6.54 Å². The van der Waals surface area contributed by atoms with Crippen molar-refractivity contribution in [3.63, 3.8) is 0 Å². The van der Waals surface area contributed by atoms with E-state index in [0.717, 1.165) is 26.2 Å². The van der Waals surface area contributed by atoms with Gasteiger partial charge < -0.3 is 20.6 Å². The summed E-state index contributed by atoms with van der Waals surface area (Å²) in [5.41, 5.74) is 2.54. The molecule has 1 fully saturated rings. The van der Waals surface area contributed by atoms with Gasteiger partial charge in [-0.1, -0.05) is 18.2 Å². The van der Waals surface area contributed by atoms with Crippen LogP contribution in [0.2, 0.25) is 0 Å². The van der Waals surface area contributed by atoms with Crippen LogP contribution in [0.1, 0.15) is 5.56 Å². The van der Waals surface area contributed by atoms with Gasteiger partial charge in [-0.05, 0) is 11.6 Å². The Morgan fingerprint density at radius 2 is 2.05 bits per heavy atom. The van der Waals surface area contributed by atoms with Crippen LogP contribution in [0.15, 0.2) is 24.3 Å². The van der Waals surface area contributed by atoms with Crippen molar-refractivity contribution in [2.75, 3.05) is 38.6 Å². The van der Waals surface area contributed by atoms with Gasteiger partial charge in [-0.15, -0.1) is 12.4 Å². The maximum Gasteiger partial charge on any atom is 0.0716 e. The summed E-state index contributed by atoms with van der Waals surface area (Å²) in [6.07, 6.45) is -0.207. The molecule has 2 rings (SSSR count). The van der Waals surface area contributed by atoms with Crippen LogP contribution < -0.4 is 15.5 Å². The second-order valence-electron chi connectivity index (χ2n) is 5.14. The number of aliphatic hydroxyl groups is 1. The van der Waals surface area contributed by atoms with E-state index in [4.69, 9.17) is 0 Å². The van der Waals surface area contributed by atoms with E-state index in [9.17, 15) is 5.11 Å². The summed E-state index contributed by atoms with van der Waals surface area (Å²) in [6.45, 7) is 3.33. The van der Waals surface area contributed by atoms with E-state index in [1.54, 1.807) is 0 Å². The molecule has 1 saturated heterocycles. The van der Waals surface area contributed by atoms with Gasteiger partial charge in [-0.2, -0.15) is 0 Å². The van der Waals surface area contributed by atoms with Gasteiger partial charge in [0.15, 0.2) is 0 Å². The third-order valence-corrected chi connectivity index (χ3v) is 3.50. The van der Waals surface area contributed by atoms with Crippen molar-refractivity contribution in [2.24, 2.45) is 5.92 Å². The van der Waals surface area contributed by atoms with Gasteiger partial charge in [0.05, 0.1) is 6.10 Å². The van der Waals surface area contributed by atoms with Crippen LogP contribution in [0.4, 0.5) is 5.69 Å². The van der Waals surface area contributed by atoms with Crippen molar-refractivity contribution in [1.29, 1.82) is 0 Å². The zero-order valence-corrected chi connectivity index (χ0v) is 12.4. The van der Waals surface area contributed by atoms with Crippen LogP contribution in [0.25, 0.3) is 0 Å². The first-order chi connectivity index (χ1) is 8.68. The third-order valence-electron chi connectivity index (χ3n) is 3.50. The summed E-state index contributed by atoms with van der Waals surface area (Å²) < 4.78 is 0. The second kappa shape index (κ2) is 7.70. The van der Waals surface area contributed by atoms with Gasteiger partial charge >= 0.3 is 0 Å². The first-order valence-electron chi connectivity index (χ1n) is 6.53. The molecule has 0 saturated carbocycles. The van der Waals surface area contributed by atoms with Crippen LogP contribution in [-0.4, -0.2) is 44.9 Å². The highest BCUT2D eigenvalue weighted by molar-refractivity contribution is 5.85. The van der Waals surface area contributed by atoms with Gasteiger partial charge in [0.2, 0.25) is 0 Å². The number of hydrogen-bond acceptors (Lipinski definition) is 4. The number of aliphatic hydroxyl groups excluding tert-OH is 1. The molecule has 0 radical (unpaired) electrons. The number of rotatable bonds is 5. The Morgan fingerprint density at radius 1 is 1.32 bits per heavy atom. The Hall–Kier alpha value is -0.810. The molecule has 0 aliphatic carbocycles. The molecule has 19 heavy (non-hydrogen) atoms. The van der Waals surface area contributed by atoms with E-state index in [1.165, 1.54) is 11.3 Å². The highest BCUT2D eigenvalue weighted by Gasteiger charge is 2.24. The van der Waals surface area contributed by atoms with Gasteiger partial charge in [0.25, 0.3) is 0 Å². The van der Waals surface area contributed by atoms with Crippen molar-refractivity contribution in [3.8, 4) is 0 Å². The summed E-state index contributed by atoms with van der Waals surface area (Å²) in [4.78, 5) is 2.13. The standard InChI is InChI=1S/C14H23N3O.ClH/c1-17(2)13-6-4-3-5-11(13)7-15-8-12-9-16-10-14(12)18;/h3-6,12,14-16,18H,7-10H2,1-2H3;1H. The minimum Gasteiger partial charge on any atom is -0.391 e. The van der Waals surface area contributed by atoms with Crippen LogP contribution in [0, 0.1) is 5.92 Å². The van der Waals surface area contributed by atoms with Crippen molar-refractivity contribution >= 4 is 18.1 Å². The zero-order valence-electron chi connectivity index (χ0n) is 11.6. The first-order valence-corrected chi connectivity index (χ1v) is 6.53. The lowest BCUT2D eigenvalue weighted by atomic mass is 10.1. The second-order valence-corrected chi connectivity index (χ2v) is 5.14. The molecule has 2 atom stereocenters. The lowest BCUT2D eigenvalue weighted by molar-refractivity contribution is 0.146. The van der Waals surface area contributed by atoms with Gasteiger partial charge in [-0.25, -0.2) is 0 Å². The topological polar surface area (TPSA) is 47.5 Å². The van der Waals surface area contributed by atoms with E-state index >= 15 is 0 Å². The average Bonchev–Trinajstić information content (AvgIpc) is 2.76. The highest BCUT2D eigenvalue weighted by atomic mass is 35.5. The first kappa shape index (κ1) is 16.2. The Balaban J connectivity index is 0.00000180. The fourth-order valence-electron chi connectivity index (χ4n) is 2.42. The normalized spacial score (nSPS) is 22.1. The van der Waals surface area contributed by atoms with Crippen LogP contribution in [0.5, 0.6) is 0 Å². The molecule has 1 aromatic carbocycles. The fraction of sp³-hybridized carbons (Fsp3) is 0.571. The zero-order chi connectivity index (χ0) is 13.0. The number of hydrogen-bond donors (Lipinski definition) is 3. The van der Waals surface area contributed by atoms with E-state index in [1.807, 2.05) is 0 Å². The smallest absolute Gasteiger partial charge is 0.0716 e. The predicted octanol–water partition coefficient (Wildman–Crippen LogP) is 0.844. The summed E-state index contributed by atoms with van der Waals surface area (Å²) in [7, 11) is 4.12. The third kappa shape index (κ3) is 4.35. The van der Waals surface area contributed by atoms with Gasteiger partial charge in [-0.3, -0.25) is 0 Å². The lowest BCUT2D eigenvalue weighted by Crippen LogP contribution is -2.30. The average molecular weight is 286 g/mol. The lowest BCUT2D eigenvalue weighted by Gasteiger charge is -2.19. The number of para-hydroxylation sites is 1. The van der Waals surface area contributed by atoms with Crippen molar-refractivity contribution < 1.29 is 5.11 Å². The van der Waals surface area contributed by atoms with E-state index in [2.05, 4.69) is 53.9 Å². The minimum atomic E-state index is -0.207. The Kier molecular flexibility index (Phi) is 6.58. The Morgan fingerprint density at radius 3 is 2.68 bits per heavy atom. The molecule has 5 heteroatoms. The molecular weight excluding hydrogens is 262 g/mol. The van der Waals surface area contributed by atoms with Crippen molar-refractivity contribution in [1.82, 2.24) is 10.6 Å². The number of halogens is 1. The molecule has 1 heterocycles. The number of anilines is 1. The van der Waals surface area contributed by atoms with Crippen LogP contribution >= 0.6 is 12.4 Å². The molecule has 3 N–H and O–H groups in total. The van der Waals surface area contributed by atoms with E-state index in [0.29, 0.717) is 5.92 Å². The number of benzene rings is 1. The summed E-state index contributed by atoms with van der Waals surface area (Å²) in [5.74, 6) is 0.330. The molecule has 2 unspecified atom stereocenters.